The van der Waals surface area contributed by atoms with E-state index in [0.717, 1.165) is 62.0 Å². The third-order valence-electron chi connectivity index (χ3n) is 6.20. The molecule has 1 aromatic heterocycles. The van der Waals surface area contributed by atoms with Crippen LogP contribution < -0.4 is 5.56 Å². The van der Waals surface area contributed by atoms with Crippen LogP contribution in [0.3, 0.4) is 0 Å². The summed E-state index contributed by atoms with van der Waals surface area (Å²) in [5.41, 5.74) is 2.54. The molecule has 0 aliphatic carbocycles. The Labute approximate surface area is 191 Å². The van der Waals surface area contributed by atoms with Crippen LogP contribution >= 0.6 is 11.8 Å². The fourth-order valence-electron chi connectivity index (χ4n) is 4.41. The second-order valence-electron chi connectivity index (χ2n) is 8.45. The first-order valence-corrected chi connectivity index (χ1v) is 12.3. The lowest BCUT2D eigenvalue weighted by Gasteiger charge is -2.17. The van der Waals surface area contributed by atoms with E-state index in [2.05, 4.69) is 0 Å². The average molecular weight is 450 g/mol. The number of hydrogen-bond acceptors (Lipinski definition) is 5. The summed E-state index contributed by atoms with van der Waals surface area (Å²) < 4.78 is 7.56. The van der Waals surface area contributed by atoms with Crippen LogP contribution in [0.5, 0.6) is 0 Å². The molecule has 2 aliphatic rings. The predicted octanol–water partition coefficient (Wildman–Crippen LogP) is 4.10. The van der Waals surface area contributed by atoms with Gasteiger partial charge < -0.3 is 9.64 Å². The van der Waals surface area contributed by atoms with Crippen molar-refractivity contribution in [3.05, 3.63) is 70.0 Å². The van der Waals surface area contributed by atoms with Gasteiger partial charge in [0.15, 0.2) is 5.16 Å². The number of ether oxygens (including phenoxy) is 1. The van der Waals surface area contributed by atoms with Gasteiger partial charge in [0.1, 0.15) is 0 Å². The summed E-state index contributed by atoms with van der Waals surface area (Å²) in [6.07, 6.45) is 4.24. The lowest BCUT2D eigenvalue weighted by atomic mass is 10.1. The summed E-state index contributed by atoms with van der Waals surface area (Å²) in [5.74, 6) is 0.789. The number of amides is 1. The van der Waals surface area contributed by atoms with Gasteiger partial charge in [-0.05, 0) is 55.5 Å². The van der Waals surface area contributed by atoms with E-state index < -0.39 is 0 Å². The molecule has 2 aliphatic heterocycles. The minimum Gasteiger partial charge on any atom is -0.376 e. The van der Waals surface area contributed by atoms with Crippen molar-refractivity contribution in [1.29, 1.82) is 0 Å². The number of benzene rings is 2. The summed E-state index contributed by atoms with van der Waals surface area (Å²) in [5, 5.41) is 1.35. The third-order valence-corrected chi connectivity index (χ3v) is 7.25. The van der Waals surface area contributed by atoms with Gasteiger partial charge in [-0.2, -0.15) is 0 Å². The normalized spacial score (nSPS) is 18.5. The van der Waals surface area contributed by atoms with E-state index in [1.807, 2.05) is 53.4 Å². The van der Waals surface area contributed by atoms with Gasteiger partial charge in [0, 0.05) is 31.0 Å². The summed E-state index contributed by atoms with van der Waals surface area (Å²) in [6.45, 7) is 2.99. The fraction of sp³-hybridized carbons (Fsp3) is 0.400. The van der Waals surface area contributed by atoms with Crippen LogP contribution in [0.2, 0.25) is 0 Å². The predicted molar refractivity (Wildman–Crippen MR) is 126 cm³/mol. The number of nitrogens with zero attached hydrogens (tertiary/aromatic N) is 3. The Morgan fingerprint density at radius 2 is 1.84 bits per heavy atom. The van der Waals surface area contributed by atoms with Crippen LogP contribution in [0, 0.1) is 0 Å². The first kappa shape index (κ1) is 21.2. The van der Waals surface area contributed by atoms with Crippen molar-refractivity contribution in [1.82, 2.24) is 14.5 Å². The molecule has 7 heteroatoms. The van der Waals surface area contributed by atoms with Crippen molar-refractivity contribution in [3.8, 4) is 0 Å². The van der Waals surface area contributed by atoms with Crippen LogP contribution in [0.1, 0.15) is 41.6 Å². The Hall–Kier alpha value is -2.64. The SMILES string of the molecule is O=C(c1ccc(CSc2nc3ccccc3c(=O)n2C[C@H]2CCCO2)cc1)N1CCCC1. The van der Waals surface area contributed by atoms with Crippen molar-refractivity contribution in [2.45, 2.75) is 49.2 Å². The number of rotatable bonds is 6. The smallest absolute Gasteiger partial charge is 0.262 e. The molecular weight excluding hydrogens is 422 g/mol. The molecule has 3 aromatic rings. The zero-order chi connectivity index (χ0) is 21.9. The van der Waals surface area contributed by atoms with E-state index in [-0.39, 0.29) is 17.6 Å². The Bertz CT molecular complexity index is 1160. The van der Waals surface area contributed by atoms with Gasteiger partial charge in [0.2, 0.25) is 0 Å². The van der Waals surface area contributed by atoms with Gasteiger partial charge in [-0.1, -0.05) is 36.0 Å². The number of para-hydroxylation sites is 1. The van der Waals surface area contributed by atoms with E-state index in [9.17, 15) is 9.59 Å². The minimum absolute atomic E-state index is 0.0137. The average Bonchev–Trinajstić information content (AvgIpc) is 3.54. The Morgan fingerprint density at radius 1 is 1.06 bits per heavy atom. The highest BCUT2D eigenvalue weighted by Gasteiger charge is 2.21. The number of likely N-dealkylation sites (tertiary alicyclic amines) is 1. The zero-order valence-corrected chi connectivity index (χ0v) is 18.9. The molecule has 0 N–H and O–H groups in total. The molecule has 6 nitrogen and oxygen atoms in total. The molecule has 32 heavy (non-hydrogen) atoms. The highest BCUT2D eigenvalue weighted by molar-refractivity contribution is 7.98. The second kappa shape index (κ2) is 9.46. The summed E-state index contributed by atoms with van der Waals surface area (Å²) in [4.78, 5) is 32.5. The lowest BCUT2D eigenvalue weighted by Crippen LogP contribution is -2.28. The monoisotopic (exact) mass is 449 g/mol. The highest BCUT2D eigenvalue weighted by atomic mass is 32.2. The summed E-state index contributed by atoms with van der Waals surface area (Å²) >= 11 is 1.55. The van der Waals surface area contributed by atoms with E-state index in [1.165, 1.54) is 0 Å². The first-order valence-electron chi connectivity index (χ1n) is 11.3. The number of thioether (sulfide) groups is 1. The van der Waals surface area contributed by atoms with Crippen LogP contribution in [0.15, 0.2) is 58.5 Å². The summed E-state index contributed by atoms with van der Waals surface area (Å²) in [7, 11) is 0. The van der Waals surface area contributed by atoms with Gasteiger partial charge in [-0.3, -0.25) is 14.2 Å². The second-order valence-corrected chi connectivity index (χ2v) is 9.39. The molecule has 0 spiro atoms. The van der Waals surface area contributed by atoms with E-state index >= 15 is 0 Å². The molecule has 2 fully saturated rings. The van der Waals surface area contributed by atoms with Crippen molar-refractivity contribution in [2.75, 3.05) is 19.7 Å². The van der Waals surface area contributed by atoms with Crippen LogP contribution in [-0.2, 0) is 17.0 Å². The van der Waals surface area contributed by atoms with Gasteiger partial charge in [-0.15, -0.1) is 0 Å². The van der Waals surface area contributed by atoms with Crippen LogP contribution in [0.25, 0.3) is 10.9 Å². The molecule has 2 saturated heterocycles. The number of aromatic nitrogens is 2. The quantitative estimate of drug-likeness (QED) is 0.419. The van der Waals surface area contributed by atoms with E-state index in [1.54, 1.807) is 16.3 Å². The van der Waals surface area contributed by atoms with E-state index in [0.29, 0.717) is 22.8 Å². The fourth-order valence-corrected chi connectivity index (χ4v) is 5.37. The molecule has 0 radical (unpaired) electrons. The molecule has 2 aromatic carbocycles. The largest absolute Gasteiger partial charge is 0.376 e. The van der Waals surface area contributed by atoms with Gasteiger partial charge >= 0.3 is 0 Å². The maximum atomic E-state index is 13.2. The number of carbonyl (C=O) groups excluding carboxylic acids is 1. The summed E-state index contributed by atoms with van der Waals surface area (Å²) in [6, 6.07) is 15.3. The van der Waals surface area contributed by atoms with Gasteiger partial charge in [0.25, 0.3) is 11.5 Å². The van der Waals surface area contributed by atoms with Crippen molar-refractivity contribution >= 4 is 28.6 Å². The molecule has 1 amide bonds. The molecule has 0 saturated carbocycles. The molecule has 3 heterocycles. The van der Waals surface area contributed by atoms with E-state index in [4.69, 9.17) is 9.72 Å². The Kier molecular flexibility index (Phi) is 6.28. The maximum Gasteiger partial charge on any atom is 0.262 e. The standard InChI is InChI=1S/C25H27N3O3S/c29-23(27-13-3-4-14-27)19-11-9-18(10-12-19)17-32-25-26-22-8-2-1-7-21(22)24(30)28(25)16-20-6-5-15-31-20/h1-2,7-12,20H,3-6,13-17H2/t20-/m1/s1. The number of fused-ring (bicyclic) bond motifs is 1. The number of hydrogen-bond donors (Lipinski definition) is 0. The van der Waals surface area contributed by atoms with Crippen molar-refractivity contribution < 1.29 is 9.53 Å². The molecule has 0 bridgehead atoms. The van der Waals surface area contributed by atoms with Crippen LogP contribution in [-0.4, -0.2) is 46.2 Å². The van der Waals surface area contributed by atoms with Crippen LogP contribution in [0.4, 0.5) is 0 Å². The lowest BCUT2D eigenvalue weighted by molar-refractivity contribution is 0.0792. The Balaban J connectivity index is 1.36. The molecular formula is C25H27N3O3S. The maximum absolute atomic E-state index is 13.2. The van der Waals surface area contributed by atoms with Gasteiger partial charge in [-0.25, -0.2) is 4.98 Å². The highest BCUT2D eigenvalue weighted by Crippen LogP contribution is 2.24. The molecule has 166 valence electrons. The zero-order valence-electron chi connectivity index (χ0n) is 18.0. The number of carbonyl (C=O) groups is 1. The Morgan fingerprint density at radius 3 is 2.59 bits per heavy atom. The molecule has 1 atom stereocenters. The third kappa shape index (κ3) is 4.45. The van der Waals surface area contributed by atoms with Gasteiger partial charge in [0.05, 0.1) is 23.6 Å². The van der Waals surface area contributed by atoms with Crippen molar-refractivity contribution in [2.24, 2.45) is 0 Å². The first-order chi connectivity index (χ1) is 15.7. The topological polar surface area (TPSA) is 64.4 Å². The molecule has 0 unspecified atom stereocenters. The molecule has 5 rings (SSSR count). The minimum atomic E-state index is -0.0137. The van der Waals surface area contributed by atoms with Crippen molar-refractivity contribution in [3.63, 3.8) is 0 Å².